The lowest BCUT2D eigenvalue weighted by molar-refractivity contribution is -0.617. The Bertz CT molecular complexity index is 4730. The lowest BCUT2D eigenvalue weighted by Gasteiger charge is -2.17. The van der Waals surface area contributed by atoms with Crippen molar-refractivity contribution >= 4 is 22.2 Å². The molecule has 0 unspecified atom stereocenters. The molecular formula is C100H156N22OS. The number of hydrogen-bond donors (Lipinski definition) is 1. The second-order valence-electron chi connectivity index (χ2n) is 42.7. The van der Waals surface area contributed by atoms with E-state index in [0.29, 0.717) is 0 Å². The van der Waals surface area contributed by atoms with Gasteiger partial charge in [0.15, 0.2) is 11.9 Å². The zero-order chi connectivity index (χ0) is 94.9. The lowest BCUT2D eigenvalue weighted by Crippen LogP contribution is -2.37. The van der Waals surface area contributed by atoms with Crippen LogP contribution in [-0.4, -0.2) is 104 Å². The van der Waals surface area contributed by atoms with Gasteiger partial charge in [-0.15, -0.1) is 21.5 Å². The largest absolute Gasteiger partial charge is 0.618 e. The van der Waals surface area contributed by atoms with Crippen molar-refractivity contribution < 1.29 is 4.73 Å². The summed E-state index contributed by atoms with van der Waals surface area (Å²) in [6, 6.07) is 31.8. The maximum absolute atomic E-state index is 11.2. The number of pyridine rings is 3. The summed E-state index contributed by atoms with van der Waals surface area (Å²) in [5.41, 5.74) is 13.7. The van der Waals surface area contributed by atoms with Crippen LogP contribution in [0.15, 0.2) is 196 Å². The Balaban J connectivity index is 0.000000459. The van der Waals surface area contributed by atoms with Crippen molar-refractivity contribution in [1.82, 2.24) is 104 Å². The van der Waals surface area contributed by atoms with Crippen LogP contribution < -0.4 is 4.73 Å². The van der Waals surface area contributed by atoms with Crippen LogP contribution in [0.2, 0.25) is 0 Å². The average molecular weight is 1710 g/mol. The van der Waals surface area contributed by atoms with Gasteiger partial charge in [0.1, 0.15) is 18.0 Å². The number of nitrogens with one attached hydrogen (secondary N) is 1. The van der Waals surface area contributed by atoms with Gasteiger partial charge < -0.3 is 9.77 Å². The minimum Gasteiger partial charge on any atom is -0.618 e. The van der Waals surface area contributed by atoms with Crippen LogP contribution >= 0.6 is 11.3 Å². The molecule has 12 heterocycles. The van der Waals surface area contributed by atoms with Crippen molar-refractivity contribution in [2.45, 2.75) is 321 Å². The molecule has 124 heavy (non-hydrogen) atoms. The topological polar surface area (TPSA) is 269 Å². The van der Waals surface area contributed by atoms with E-state index in [2.05, 4.69) is 361 Å². The fourth-order valence-electron chi connectivity index (χ4n) is 10.7. The van der Waals surface area contributed by atoms with Gasteiger partial charge in [-0.3, -0.25) is 39.1 Å². The third-order valence-electron chi connectivity index (χ3n) is 17.8. The first kappa shape index (κ1) is 110. The molecule has 678 valence electrons. The molecule has 0 radical (unpaired) electrons. The highest BCUT2D eigenvalue weighted by Crippen LogP contribution is 2.30. The number of thiazole rings is 1. The highest BCUT2D eigenvalue weighted by Gasteiger charge is 2.25. The van der Waals surface area contributed by atoms with E-state index < -0.39 is 0 Å². The van der Waals surface area contributed by atoms with Crippen molar-refractivity contribution in [2.24, 2.45) is 28.2 Å². The van der Waals surface area contributed by atoms with Crippen LogP contribution in [0.1, 0.15) is 323 Å². The summed E-state index contributed by atoms with van der Waals surface area (Å²) in [6.07, 6.45) is 26.7. The predicted octanol–water partition coefficient (Wildman–Crippen LogP) is 23.0. The molecule has 13 aromatic rings. The van der Waals surface area contributed by atoms with E-state index in [-0.39, 0.29) is 65.0 Å². The van der Waals surface area contributed by atoms with Gasteiger partial charge in [-0.2, -0.15) is 14.9 Å². The van der Waals surface area contributed by atoms with Gasteiger partial charge >= 0.3 is 0 Å². The molecule has 0 atom stereocenters. The first-order chi connectivity index (χ1) is 56.7. The third kappa shape index (κ3) is 41.8. The van der Waals surface area contributed by atoms with Crippen molar-refractivity contribution in [2.75, 3.05) is 0 Å². The number of aromatic nitrogens is 22. The Kier molecular flexibility index (Phi) is 42.0. The van der Waals surface area contributed by atoms with Crippen LogP contribution in [0.4, 0.5) is 0 Å². The number of imidazole rings is 1. The Labute approximate surface area is 750 Å². The Morgan fingerprint density at radius 3 is 1.27 bits per heavy atom. The van der Waals surface area contributed by atoms with Gasteiger partial charge in [0, 0.05) is 219 Å². The average Bonchev–Trinajstić information content (AvgIpc) is 1.63. The molecule has 23 nitrogen and oxygen atoms in total. The van der Waals surface area contributed by atoms with Crippen LogP contribution in [0.3, 0.4) is 0 Å². The van der Waals surface area contributed by atoms with Crippen LogP contribution in [0, 0.1) is 12.1 Å². The minimum atomic E-state index is -0.0665. The van der Waals surface area contributed by atoms with Gasteiger partial charge in [0.05, 0.1) is 39.5 Å². The molecule has 1 aromatic carbocycles. The normalized spacial score (nSPS) is 11.8. The van der Waals surface area contributed by atoms with Crippen molar-refractivity contribution in [3.63, 3.8) is 0 Å². The van der Waals surface area contributed by atoms with Gasteiger partial charge in [-0.05, 0) is 61.5 Å². The highest BCUT2D eigenvalue weighted by molar-refractivity contribution is 7.09. The smallest absolute Gasteiger partial charge is 0.198 e. The van der Waals surface area contributed by atoms with E-state index in [1.165, 1.54) is 33.5 Å². The fourth-order valence-corrected chi connectivity index (χ4v) is 11.4. The molecule has 0 saturated carbocycles. The van der Waals surface area contributed by atoms with Gasteiger partial charge in [0.25, 0.3) is 0 Å². The number of H-pyrrole nitrogens is 1. The number of aromatic amines is 1. The molecule has 13 rings (SSSR count). The molecule has 0 saturated heterocycles. The SMILES string of the molecule is CC(C)(C)c1cccc[n+]1[O-].CC(C)(C)c1ccccn1.CC(C)(C)c1ccn[nH]1.CC(C)(C)c1ccncn1.CC(C)(C)c1cnccn1.CC(C)(C)c1ncccn1.CC(C)(C)c1nccs1.Cc1cccc(C(C)(C)C)n1.Cn1cc(C(C)(C)C)nn1.Cn1ccnc1C(C)(C)C.Cn1nc(C(C)(C)C)c2ccccc21.Cn1nncc1C(C)(C)C. The van der Waals surface area contributed by atoms with Crippen molar-refractivity contribution in [3.05, 3.63) is 274 Å². The third-order valence-corrected chi connectivity index (χ3v) is 19.0. The van der Waals surface area contributed by atoms with E-state index in [0.717, 1.165) is 61.9 Å². The molecule has 0 aliphatic rings. The highest BCUT2D eigenvalue weighted by atomic mass is 32.1. The zero-order valence-electron chi connectivity index (χ0n) is 83.7. The molecular weight excluding hydrogens is 1560 g/mol. The van der Waals surface area contributed by atoms with Gasteiger partial charge in [0.2, 0.25) is 0 Å². The monoisotopic (exact) mass is 1710 g/mol. The number of nitrogens with zero attached hydrogens (tertiary/aromatic N) is 21. The first-order valence-corrected chi connectivity index (χ1v) is 43.4. The Morgan fingerprint density at radius 1 is 0.395 bits per heavy atom. The second kappa shape index (κ2) is 47.6. The molecule has 0 spiro atoms. The molecule has 12 aromatic heterocycles. The maximum Gasteiger partial charge on any atom is 0.198 e. The maximum atomic E-state index is 11.2. The Morgan fingerprint density at radius 2 is 0.952 bits per heavy atom. The van der Waals surface area contributed by atoms with Crippen molar-refractivity contribution in [1.29, 1.82) is 0 Å². The summed E-state index contributed by atoms with van der Waals surface area (Å²) in [6.45, 7) is 79.0. The number of benzene rings is 1. The van der Waals surface area contributed by atoms with Gasteiger partial charge in [-0.25, -0.2) is 29.9 Å². The van der Waals surface area contributed by atoms with E-state index in [4.69, 9.17) is 0 Å². The summed E-state index contributed by atoms with van der Waals surface area (Å²) >= 11 is 1.72. The molecule has 0 fully saturated rings. The molecule has 0 bridgehead atoms. The van der Waals surface area contributed by atoms with Crippen molar-refractivity contribution in [3.8, 4) is 0 Å². The van der Waals surface area contributed by atoms with E-state index >= 15 is 0 Å². The molecule has 24 heteroatoms. The summed E-state index contributed by atoms with van der Waals surface area (Å²) < 4.78 is 8.45. The Hall–Kier alpha value is -10.5. The van der Waals surface area contributed by atoms with E-state index in [1.807, 2.05) is 145 Å². The molecule has 0 amide bonds. The minimum absolute atomic E-state index is 0.0665. The van der Waals surface area contributed by atoms with E-state index in [1.54, 1.807) is 82.7 Å². The van der Waals surface area contributed by atoms with Crippen LogP contribution in [-0.2, 0) is 93.2 Å². The van der Waals surface area contributed by atoms with Crippen LogP contribution in [0.5, 0.6) is 0 Å². The number of aryl methyl sites for hydroxylation is 5. The summed E-state index contributed by atoms with van der Waals surface area (Å²) in [5.74, 6) is 2.03. The number of hydrogen-bond acceptors (Lipinski definition) is 18. The fraction of sp³-hybridized carbons (Fsp3) is 0.530. The number of rotatable bonds is 0. The lowest BCUT2D eigenvalue weighted by atomic mass is 9.90. The predicted molar refractivity (Wildman–Crippen MR) is 516 cm³/mol. The summed E-state index contributed by atoms with van der Waals surface area (Å²) in [7, 11) is 7.81. The van der Waals surface area contributed by atoms with Crippen LogP contribution in [0.25, 0.3) is 10.9 Å². The van der Waals surface area contributed by atoms with E-state index in [9.17, 15) is 5.21 Å². The second-order valence-corrected chi connectivity index (χ2v) is 43.6. The summed E-state index contributed by atoms with van der Waals surface area (Å²) in [5, 5.41) is 42.5. The zero-order valence-corrected chi connectivity index (χ0v) is 84.5. The molecule has 0 aliphatic carbocycles. The number of fused-ring (bicyclic) bond motifs is 1. The summed E-state index contributed by atoms with van der Waals surface area (Å²) in [4.78, 5) is 41.6. The molecule has 1 N–H and O–H groups in total. The first-order valence-electron chi connectivity index (χ1n) is 42.5. The number of para-hydroxylation sites is 1. The molecule has 0 aliphatic heterocycles. The standard InChI is InChI=1S/C12H16N2.C10H15N.C9H13NO.C9H13N.C8H14N2.3C8H12N2.2C7H13N3.C7H12N2.C7H11NS/c1-12(2,3)11-9-7-5-6-8-10(9)14(4)13-11;1-8-6-5-7-9(11-8)10(2,3)4;1-9(2,3)8-6-4-5-7-10(8)11;1-9(2,3)8-6-4-5-7-10-8;1-8(2,3)7-9-5-6-10(7)4;1-8(2,3)7-6-9-4-5-10-7;1-8(2,3)7-4-5-9-6-10-7;1-8(2,3)7-9-5-4-6-10-7;1-7(2,3)6-5-10(4)9-8-6;1-7(2,3)6-5-8-9-10(6)4;1-7(2,3)6-4-5-8-9-6;1-7(2,3)6-8-4-5-9-6/h5-8H,1-4H3;5-7H,1-4H3;4-7H,1-3H3;4-7H,1-3H3;5-6H,1-4H3;3*4-6H,1-3H3;2*5H,1-4H3;4-5H,1-3H3,(H,8,9);4-5H,1-3H3. The quantitative estimate of drug-likeness (QED) is 0.109. The van der Waals surface area contributed by atoms with Gasteiger partial charge in [-0.1, -0.05) is 290 Å².